The lowest BCUT2D eigenvalue weighted by Gasteiger charge is -1.87. The maximum absolute atomic E-state index is 10.5. The highest BCUT2D eigenvalue weighted by molar-refractivity contribution is 5.91. The zero-order valence-electron chi connectivity index (χ0n) is 10.3. The molecule has 1 aromatic heterocycles. The maximum Gasteiger partial charge on any atom is 0.152 e. The quantitative estimate of drug-likeness (QED) is 0.691. The first-order chi connectivity index (χ1) is 7.29. The number of allylic oxidation sites excluding steroid dienone is 1. The Balaban J connectivity index is 0. The van der Waals surface area contributed by atoms with Gasteiger partial charge in [-0.2, -0.15) is 0 Å². The van der Waals surface area contributed by atoms with Gasteiger partial charge in [0, 0.05) is 12.4 Å². The van der Waals surface area contributed by atoms with Gasteiger partial charge in [-0.15, -0.1) is 0 Å². The van der Waals surface area contributed by atoms with Crippen LogP contribution in [0.25, 0.3) is 6.08 Å². The number of carbonyl (C=O) groups excluding carboxylic acids is 1. The predicted octanol–water partition coefficient (Wildman–Crippen LogP) is 3.74. The summed E-state index contributed by atoms with van der Waals surface area (Å²) in [5.41, 5.74) is 0.947. The molecular weight excluding hydrogens is 186 g/mol. The Bertz CT molecular complexity index is 265. The molecule has 0 aliphatic heterocycles. The van der Waals surface area contributed by atoms with Crippen LogP contribution >= 0.6 is 0 Å². The third kappa shape index (κ3) is 10.5. The number of rotatable bonds is 2. The SMILES string of the molecule is CC.CC.CC(=O)/C=C/c1cccnc1. The first kappa shape index (κ1) is 16.0. The van der Waals surface area contributed by atoms with Crippen LogP contribution < -0.4 is 0 Å². The van der Waals surface area contributed by atoms with Gasteiger partial charge in [0.15, 0.2) is 5.78 Å². The number of nitrogens with zero attached hydrogens (tertiary/aromatic N) is 1. The highest BCUT2D eigenvalue weighted by Crippen LogP contribution is 1.97. The van der Waals surface area contributed by atoms with E-state index in [0.29, 0.717) is 0 Å². The molecule has 0 amide bonds. The van der Waals surface area contributed by atoms with Crippen LogP contribution in [-0.2, 0) is 4.79 Å². The van der Waals surface area contributed by atoms with Crippen molar-refractivity contribution in [3.05, 3.63) is 36.2 Å². The summed E-state index contributed by atoms with van der Waals surface area (Å²) in [5.74, 6) is 0.0499. The van der Waals surface area contributed by atoms with Gasteiger partial charge in [-0.25, -0.2) is 0 Å². The van der Waals surface area contributed by atoms with Gasteiger partial charge in [0.05, 0.1) is 0 Å². The summed E-state index contributed by atoms with van der Waals surface area (Å²) in [6.45, 7) is 9.52. The van der Waals surface area contributed by atoms with E-state index in [0.717, 1.165) is 5.56 Å². The standard InChI is InChI=1S/C9H9NO.2C2H6/c1-8(11)4-5-9-3-2-6-10-7-9;2*1-2/h2-7H,1H3;2*1-2H3/b5-4+;;. The molecule has 0 aromatic carbocycles. The van der Waals surface area contributed by atoms with E-state index in [1.165, 1.54) is 13.0 Å². The molecule has 0 aliphatic carbocycles. The van der Waals surface area contributed by atoms with Crippen molar-refractivity contribution in [3.8, 4) is 0 Å². The van der Waals surface area contributed by atoms with Crippen molar-refractivity contribution in [2.45, 2.75) is 34.6 Å². The fraction of sp³-hybridized carbons (Fsp3) is 0.385. The Kier molecular flexibility index (Phi) is 13.4. The number of ketones is 1. The molecule has 0 spiro atoms. The van der Waals surface area contributed by atoms with Crippen molar-refractivity contribution >= 4 is 11.9 Å². The third-order valence-electron chi connectivity index (χ3n) is 1.19. The van der Waals surface area contributed by atoms with Crippen LogP contribution in [0.4, 0.5) is 0 Å². The molecule has 84 valence electrons. The number of carbonyl (C=O) groups is 1. The molecule has 0 N–H and O–H groups in total. The summed E-state index contributed by atoms with van der Waals surface area (Å²) < 4.78 is 0. The van der Waals surface area contributed by atoms with Crippen LogP contribution in [0.3, 0.4) is 0 Å². The summed E-state index contributed by atoms with van der Waals surface area (Å²) in [7, 11) is 0. The summed E-state index contributed by atoms with van der Waals surface area (Å²) in [6, 6.07) is 3.73. The third-order valence-corrected chi connectivity index (χ3v) is 1.19. The van der Waals surface area contributed by atoms with Crippen LogP contribution in [0.2, 0.25) is 0 Å². The van der Waals surface area contributed by atoms with E-state index in [4.69, 9.17) is 0 Å². The van der Waals surface area contributed by atoms with Crippen molar-refractivity contribution in [2.24, 2.45) is 0 Å². The fourth-order valence-electron chi connectivity index (χ4n) is 0.688. The lowest BCUT2D eigenvalue weighted by Crippen LogP contribution is -1.80. The first-order valence-electron chi connectivity index (χ1n) is 5.38. The van der Waals surface area contributed by atoms with Crippen molar-refractivity contribution in [2.75, 3.05) is 0 Å². The number of hydrogen-bond donors (Lipinski definition) is 0. The van der Waals surface area contributed by atoms with Crippen LogP contribution in [0, 0.1) is 0 Å². The number of pyridine rings is 1. The monoisotopic (exact) mass is 207 g/mol. The van der Waals surface area contributed by atoms with Gasteiger partial charge in [0.25, 0.3) is 0 Å². The van der Waals surface area contributed by atoms with Crippen molar-refractivity contribution in [1.82, 2.24) is 4.98 Å². The Morgan fingerprint density at radius 2 is 1.87 bits per heavy atom. The minimum Gasteiger partial charge on any atom is -0.295 e. The number of aromatic nitrogens is 1. The molecule has 0 saturated carbocycles. The lowest BCUT2D eigenvalue weighted by molar-refractivity contribution is -0.112. The molecule has 0 aliphatic rings. The minimum absolute atomic E-state index is 0.0499. The zero-order valence-corrected chi connectivity index (χ0v) is 10.3. The highest BCUT2D eigenvalue weighted by Gasteiger charge is 1.84. The summed E-state index contributed by atoms with van der Waals surface area (Å²) in [4.78, 5) is 14.4. The average molecular weight is 207 g/mol. The molecule has 0 unspecified atom stereocenters. The van der Waals surface area contributed by atoms with E-state index in [9.17, 15) is 4.79 Å². The van der Waals surface area contributed by atoms with Crippen LogP contribution in [0.1, 0.15) is 40.2 Å². The van der Waals surface area contributed by atoms with Crippen molar-refractivity contribution < 1.29 is 4.79 Å². The molecule has 0 fully saturated rings. The Morgan fingerprint density at radius 3 is 2.27 bits per heavy atom. The van der Waals surface area contributed by atoms with Gasteiger partial charge in [-0.05, 0) is 30.7 Å². The second kappa shape index (κ2) is 12.6. The van der Waals surface area contributed by atoms with Gasteiger partial charge in [0.1, 0.15) is 0 Å². The lowest BCUT2D eigenvalue weighted by atomic mass is 10.2. The Labute approximate surface area is 93.1 Å². The summed E-state index contributed by atoms with van der Waals surface area (Å²) in [6.07, 6.45) is 6.68. The van der Waals surface area contributed by atoms with Crippen molar-refractivity contribution in [3.63, 3.8) is 0 Å². The second-order valence-corrected chi connectivity index (χ2v) is 2.23. The minimum atomic E-state index is 0.0499. The van der Waals surface area contributed by atoms with E-state index in [2.05, 4.69) is 4.98 Å². The zero-order chi connectivity index (χ0) is 12.1. The molecule has 1 rings (SSSR count). The molecule has 1 heterocycles. The van der Waals surface area contributed by atoms with Gasteiger partial charge in [0.2, 0.25) is 0 Å². The molecule has 15 heavy (non-hydrogen) atoms. The molecule has 0 bridgehead atoms. The second-order valence-electron chi connectivity index (χ2n) is 2.23. The maximum atomic E-state index is 10.5. The molecule has 2 heteroatoms. The molecule has 0 atom stereocenters. The molecule has 0 radical (unpaired) electrons. The van der Waals surface area contributed by atoms with Gasteiger partial charge in [-0.3, -0.25) is 9.78 Å². The van der Waals surface area contributed by atoms with Gasteiger partial charge < -0.3 is 0 Å². The molecule has 1 aromatic rings. The molecule has 0 saturated heterocycles. The molecular formula is C13H21NO. The van der Waals surface area contributed by atoms with Crippen LogP contribution in [0.15, 0.2) is 30.6 Å². The first-order valence-corrected chi connectivity index (χ1v) is 5.38. The average Bonchev–Trinajstić information content (AvgIpc) is 2.33. The normalized spacial score (nSPS) is 8.33. The smallest absolute Gasteiger partial charge is 0.152 e. The predicted molar refractivity (Wildman–Crippen MR) is 66.6 cm³/mol. The topological polar surface area (TPSA) is 30.0 Å². The van der Waals surface area contributed by atoms with E-state index in [1.54, 1.807) is 18.5 Å². The fourth-order valence-corrected chi connectivity index (χ4v) is 0.688. The van der Waals surface area contributed by atoms with E-state index >= 15 is 0 Å². The van der Waals surface area contributed by atoms with Crippen LogP contribution in [0.5, 0.6) is 0 Å². The van der Waals surface area contributed by atoms with E-state index in [-0.39, 0.29) is 5.78 Å². The summed E-state index contributed by atoms with van der Waals surface area (Å²) >= 11 is 0. The summed E-state index contributed by atoms with van der Waals surface area (Å²) in [5, 5.41) is 0. The highest BCUT2D eigenvalue weighted by atomic mass is 16.1. The van der Waals surface area contributed by atoms with Gasteiger partial charge in [-0.1, -0.05) is 33.8 Å². The Hall–Kier alpha value is -1.44. The Morgan fingerprint density at radius 1 is 1.27 bits per heavy atom. The van der Waals surface area contributed by atoms with E-state index < -0.39 is 0 Å². The van der Waals surface area contributed by atoms with Crippen molar-refractivity contribution in [1.29, 1.82) is 0 Å². The number of hydrogen-bond acceptors (Lipinski definition) is 2. The molecule has 2 nitrogen and oxygen atoms in total. The van der Waals surface area contributed by atoms with Gasteiger partial charge >= 0.3 is 0 Å². The van der Waals surface area contributed by atoms with Crippen LogP contribution in [-0.4, -0.2) is 10.8 Å². The largest absolute Gasteiger partial charge is 0.295 e. The van der Waals surface area contributed by atoms with E-state index in [1.807, 2.05) is 39.8 Å².